The maximum atomic E-state index is 12.7. The first-order valence-electron chi connectivity index (χ1n) is 7.52. The van der Waals surface area contributed by atoms with E-state index in [4.69, 9.17) is 0 Å². The third-order valence-electron chi connectivity index (χ3n) is 4.62. The van der Waals surface area contributed by atoms with Crippen LogP contribution in [-0.2, 0) is 0 Å². The van der Waals surface area contributed by atoms with Crippen molar-refractivity contribution >= 4 is 16.8 Å². The SMILES string of the molecule is CN(C(=O)c1n[nH]c2ccccc12)C1CCC(CO)CC1. The Morgan fingerprint density at radius 2 is 2.05 bits per heavy atom. The number of carbonyl (C=O) groups excluding carboxylic acids is 1. The Bertz CT molecular complexity index is 629. The van der Waals surface area contributed by atoms with Gasteiger partial charge in [0.05, 0.1) is 5.52 Å². The van der Waals surface area contributed by atoms with E-state index in [1.165, 1.54) is 0 Å². The molecule has 1 amide bonds. The Morgan fingerprint density at radius 1 is 1.33 bits per heavy atom. The second-order valence-electron chi connectivity index (χ2n) is 5.89. The third-order valence-corrected chi connectivity index (χ3v) is 4.62. The molecule has 0 spiro atoms. The quantitative estimate of drug-likeness (QED) is 0.909. The van der Waals surface area contributed by atoms with Crippen molar-refractivity contribution in [3.63, 3.8) is 0 Å². The van der Waals surface area contributed by atoms with Crippen LogP contribution in [0.25, 0.3) is 10.9 Å². The minimum Gasteiger partial charge on any atom is -0.396 e. The Labute approximate surface area is 124 Å². The first-order valence-corrected chi connectivity index (χ1v) is 7.52. The van der Waals surface area contributed by atoms with Crippen LogP contribution in [0.1, 0.15) is 36.2 Å². The normalized spacial score (nSPS) is 22.4. The number of aliphatic hydroxyl groups excluding tert-OH is 1. The number of amides is 1. The lowest BCUT2D eigenvalue weighted by atomic mass is 9.86. The smallest absolute Gasteiger partial charge is 0.274 e. The van der Waals surface area contributed by atoms with Crippen LogP contribution in [0.4, 0.5) is 0 Å². The highest BCUT2D eigenvalue weighted by Gasteiger charge is 2.28. The molecule has 0 radical (unpaired) electrons. The van der Waals surface area contributed by atoms with Crippen molar-refractivity contribution in [2.24, 2.45) is 5.92 Å². The highest BCUT2D eigenvalue weighted by molar-refractivity contribution is 6.04. The van der Waals surface area contributed by atoms with Crippen molar-refractivity contribution in [1.29, 1.82) is 0 Å². The summed E-state index contributed by atoms with van der Waals surface area (Å²) < 4.78 is 0. The molecule has 2 N–H and O–H groups in total. The number of benzene rings is 1. The molecule has 0 aliphatic heterocycles. The molecule has 5 heteroatoms. The summed E-state index contributed by atoms with van der Waals surface area (Å²) in [5.41, 5.74) is 1.38. The van der Waals surface area contributed by atoms with E-state index in [9.17, 15) is 9.90 Å². The molecule has 1 fully saturated rings. The summed E-state index contributed by atoms with van der Waals surface area (Å²) in [4.78, 5) is 14.5. The van der Waals surface area contributed by atoms with Gasteiger partial charge in [-0.15, -0.1) is 0 Å². The van der Waals surface area contributed by atoms with Crippen molar-refractivity contribution < 1.29 is 9.90 Å². The molecule has 1 aliphatic rings. The molecule has 112 valence electrons. The molecule has 0 bridgehead atoms. The number of hydrogen-bond acceptors (Lipinski definition) is 3. The third kappa shape index (κ3) is 2.65. The first kappa shape index (κ1) is 14.1. The first-order chi connectivity index (χ1) is 10.2. The lowest BCUT2D eigenvalue weighted by molar-refractivity contribution is 0.0649. The number of carbonyl (C=O) groups is 1. The van der Waals surface area contributed by atoms with Crippen molar-refractivity contribution in [1.82, 2.24) is 15.1 Å². The van der Waals surface area contributed by atoms with Crippen LogP contribution in [0.5, 0.6) is 0 Å². The number of nitrogens with zero attached hydrogens (tertiary/aromatic N) is 2. The molecule has 3 rings (SSSR count). The molecule has 1 saturated carbocycles. The number of para-hydroxylation sites is 1. The monoisotopic (exact) mass is 287 g/mol. The molecule has 21 heavy (non-hydrogen) atoms. The zero-order chi connectivity index (χ0) is 14.8. The van der Waals surface area contributed by atoms with Crippen LogP contribution in [0.2, 0.25) is 0 Å². The summed E-state index contributed by atoms with van der Waals surface area (Å²) in [6.07, 6.45) is 3.88. The average molecular weight is 287 g/mol. The fraction of sp³-hybridized carbons (Fsp3) is 0.500. The second-order valence-corrected chi connectivity index (χ2v) is 5.89. The van der Waals surface area contributed by atoms with E-state index in [-0.39, 0.29) is 18.6 Å². The number of rotatable bonds is 3. The van der Waals surface area contributed by atoms with Gasteiger partial charge in [0.1, 0.15) is 0 Å². The van der Waals surface area contributed by atoms with Gasteiger partial charge in [-0.05, 0) is 37.7 Å². The minimum atomic E-state index is -0.0279. The van der Waals surface area contributed by atoms with E-state index in [1.54, 1.807) is 0 Å². The summed E-state index contributed by atoms with van der Waals surface area (Å²) in [6, 6.07) is 7.93. The van der Waals surface area contributed by atoms with Crippen molar-refractivity contribution in [3.05, 3.63) is 30.0 Å². The lowest BCUT2D eigenvalue weighted by Crippen LogP contribution is -2.40. The predicted molar refractivity (Wildman–Crippen MR) is 81.0 cm³/mol. The Morgan fingerprint density at radius 3 is 2.76 bits per heavy atom. The van der Waals surface area contributed by atoms with Gasteiger partial charge in [-0.1, -0.05) is 18.2 Å². The topological polar surface area (TPSA) is 69.2 Å². The highest BCUT2D eigenvalue weighted by atomic mass is 16.3. The van der Waals surface area contributed by atoms with Crippen LogP contribution >= 0.6 is 0 Å². The Hall–Kier alpha value is -1.88. The number of aromatic amines is 1. The minimum absolute atomic E-state index is 0.0279. The van der Waals surface area contributed by atoms with Gasteiger partial charge in [0.15, 0.2) is 5.69 Å². The molecule has 1 aromatic carbocycles. The number of aromatic nitrogens is 2. The van der Waals surface area contributed by atoms with Gasteiger partial charge < -0.3 is 10.0 Å². The van der Waals surface area contributed by atoms with E-state index in [2.05, 4.69) is 10.2 Å². The van der Waals surface area contributed by atoms with Crippen molar-refractivity contribution in [2.45, 2.75) is 31.7 Å². The summed E-state index contributed by atoms with van der Waals surface area (Å²) >= 11 is 0. The summed E-state index contributed by atoms with van der Waals surface area (Å²) in [5.74, 6) is 0.371. The number of aliphatic hydroxyl groups is 1. The molecule has 0 saturated heterocycles. The van der Waals surface area contributed by atoms with Crippen LogP contribution in [0.15, 0.2) is 24.3 Å². The summed E-state index contributed by atoms with van der Waals surface area (Å²) in [5, 5.41) is 17.2. The largest absolute Gasteiger partial charge is 0.396 e. The van der Waals surface area contributed by atoms with E-state index in [0.717, 1.165) is 36.6 Å². The second kappa shape index (κ2) is 5.85. The maximum Gasteiger partial charge on any atom is 0.274 e. The number of hydrogen-bond donors (Lipinski definition) is 2. The van der Waals surface area contributed by atoms with Gasteiger partial charge in [-0.2, -0.15) is 5.10 Å². The molecule has 0 atom stereocenters. The predicted octanol–water partition coefficient (Wildman–Crippen LogP) is 2.19. The van der Waals surface area contributed by atoms with Crippen LogP contribution in [-0.4, -0.2) is 45.8 Å². The van der Waals surface area contributed by atoms with Gasteiger partial charge in [0, 0.05) is 25.1 Å². The molecule has 1 aliphatic carbocycles. The van der Waals surface area contributed by atoms with Gasteiger partial charge in [0.2, 0.25) is 0 Å². The standard InChI is InChI=1S/C16H21N3O2/c1-19(12-8-6-11(10-20)7-9-12)16(21)15-13-4-2-3-5-14(13)17-18-15/h2-5,11-12,20H,6-10H2,1H3,(H,17,18). The fourth-order valence-electron chi connectivity index (χ4n) is 3.17. The lowest BCUT2D eigenvalue weighted by Gasteiger charge is -2.33. The van der Waals surface area contributed by atoms with E-state index >= 15 is 0 Å². The zero-order valence-electron chi connectivity index (χ0n) is 12.2. The molecular weight excluding hydrogens is 266 g/mol. The molecule has 0 unspecified atom stereocenters. The van der Waals surface area contributed by atoms with Crippen LogP contribution in [0, 0.1) is 5.92 Å². The van der Waals surface area contributed by atoms with Gasteiger partial charge in [0.25, 0.3) is 5.91 Å². The van der Waals surface area contributed by atoms with E-state index in [0.29, 0.717) is 11.6 Å². The van der Waals surface area contributed by atoms with Crippen molar-refractivity contribution in [2.75, 3.05) is 13.7 Å². The zero-order valence-corrected chi connectivity index (χ0v) is 12.2. The Kier molecular flexibility index (Phi) is 3.92. The van der Waals surface area contributed by atoms with Crippen molar-refractivity contribution in [3.8, 4) is 0 Å². The molecule has 2 aromatic rings. The fourth-order valence-corrected chi connectivity index (χ4v) is 3.17. The molecule has 1 aromatic heterocycles. The summed E-state index contributed by atoms with van der Waals surface area (Å²) in [7, 11) is 1.86. The average Bonchev–Trinajstić information content (AvgIpc) is 2.97. The number of H-pyrrole nitrogens is 1. The van der Waals surface area contributed by atoms with Gasteiger partial charge in [-0.3, -0.25) is 9.89 Å². The van der Waals surface area contributed by atoms with Crippen LogP contribution in [0.3, 0.4) is 0 Å². The van der Waals surface area contributed by atoms with Gasteiger partial charge >= 0.3 is 0 Å². The van der Waals surface area contributed by atoms with Gasteiger partial charge in [-0.25, -0.2) is 0 Å². The number of nitrogens with one attached hydrogen (secondary N) is 1. The molecule has 5 nitrogen and oxygen atoms in total. The molecule has 1 heterocycles. The summed E-state index contributed by atoms with van der Waals surface area (Å²) in [6.45, 7) is 0.258. The van der Waals surface area contributed by atoms with Crippen LogP contribution < -0.4 is 0 Å². The molecular formula is C16H21N3O2. The maximum absolute atomic E-state index is 12.7. The highest BCUT2D eigenvalue weighted by Crippen LogP contribution is 2.28. The Balaban J connectivity index is 1.76. The van der Waals surface area contributed by atoms with E-state index in [1.807, 2.05) is 36.2 Å². The number of fused-ring (bicyclic) bond motifs is 1. The van der Waals surface area contributed by atoms with E-state index < -0.39 is 0 Å².